The number of nitrogens with two attached hydrogens (primary N) is 1. The van der Waals surface area contributed by atoms with E-state index in [1.54, 1.807) is 7.11 Å². The summed E-state index contributed by atoms with van der Waals surface area (Å²) in [6.45, 7) is 0.753. The van der Waals surface area contributed by atoms with Crippen LogP contribution >= 0.6 is 22.6 Å². The van der Waals surface area contributed by atoms with Gasteiger partial charge < -0.3 is 10.5 Å². The fourth-order valence-corrected chi connectivity index (χ4v) is 2.33. The van der Waals surface area contributed by atoms with E-state index in [0.29, 0.717) is 0 Å². The van der Waals surface area contributed by atoms with Crippen molar-refractivity contribution in [3.63, 3.8) is 0 Å². The van der Waals surface area contributed by atoms with Gasteiger partial charge in [0, 0.05) is 10.7 Å². The molecule has 2 rings (SSSR count). The largest absolute Gasteiger partial charge is 0.384 e. The predicted molar refractivity (Wildman–Crippen MR) is 87.2 cm³/mol. The lowest BCUT2D eigenvalue weighted by atomic mass is 9.98. The minimum Gasteiger partial charge on any atom is -0.384 e. The zero-order chi connectivity index (χ0) is 13.7. The van der Waals surface area contributed by atoms with E-state index in [0.717, 1.165) is 24.2 Å². The summed E-state index contributed by atoms with van der Waals surface area (Å²) in [7, 11) is 1.72. The molecule has 0 aliphatic rings. The zero-order valence-corrected chi connectivity index (χ0v) is 13.1. The lowest BCUT2D eigenvalue weighted by molar-refractivity contribution is 0.202. The van der Waals surface area contributed by atoms with E-state index in [4.69, 9.17) is 10.5 Å². The molecule has 2 aromatic carbocycles. The van der Waals surface area contributed by atoms with Gasteiger partial charge in [0.05, 0.1) is 12.6 Å². The van der Waals surface area contributed by atoms with Crippen molar-refractivity contribution in [3.05, 3.63) is 68.8 Å². The molecule has 2 nitrogen and oxygen atoms in total. The molecule has 100 valence electrons. The summed E-state index contributed by atoms with van der Waals surface area (Å²) in [5.41, 5.74) is 9.85. The van der Waals surface area contributed by atoms with E-state index in [-0.39, 0.29) is 6.04 Å². The summed E-state index contributed by atoms with van der Waals surface area (Å²) in [6, 6.07) is 16.7. The van der Waals surface area contributed by atoms with Crippen LogP contribution in [-0.2, 0) is 11.2 Å². The average molecular weight is 367 g/mol. The number of hydrogen-bond donors (Lipinski definition) is 1. The molecule has 0 spiro atoms. The van der Waals surface area contributed by atoms with Gasteiger partial charge in [0.2, 0.25) is 0 Å². The van der Waals surface area contributed by atoms with Crippen LogP contribution in [0.5, 0.6) is 0 Å². The Morgan fingerprint density at radius 3 is 2.05 bits per heavy atom. The van der Waals surface area contributed by atoms with Gasteiger partial charge in [0.25, 0.3) is 0 Å². The first-order valence-electron chi connectivity index (χ1n) is 6.29. The second-order valence-corrected chi connectivity index (χ2v) is 5.76. The number of hydrogen-bond acceptors (Lipinski definition) is 2. The Bertz CT molecular complexity index is 507. The average Bonchev–Trinajstić information content (AvgIpc) is 2.46. The van der Waals surface area contributed by atoms with E-state index in [2.05, 4.69) is 71.1 Å². The minimum atomic E-state index is -0.0616. The van der Waals surface area contributed by atoms with Gasteiger partial charge in [-0.05, 0) is 57.8 Å². The van der Waals surface area contributed by atoms with Crippen LogP contribution in [0.3, 0.4) is 0 Å². The smallest absolute Gasteiger partial charge is 0.0551 e. The standard InChI is InChI=1S/C16H18INO/c1-19-11-10-12-2-4-13(5-3-12)16(18)14-6-8-15(17)9-7-14/h2-9,16H,10-11,18H2,1H3. The SMILES string of the molecule is COCCc1ccc(C(N)c2ccc(I)cc2)cc1. The number of benzene rings is 2. The summed E-state index contributed by atoms with van der Waals surface area (Å²) in [5.74, 6) is 0. The summed E-state index contributed by atoms with van der Waals surface area (Å²) in [4.78, 5) is 0. The van der Waals surface area contributed by atoms with Gasteiger partial charge in [-0.25, -0.2) is 0 Å². The molecule has 0 radical (unpaired) electrons. The third-order valence-electron chi connectivity index (χ3n) is 3.16. The first kappa shape index (κ1) is 14.5. The van der Waals surface area contributed by atoms with Crippen LogP contribution in [0.2, 0.25) is 0 Å². The van der Waals surface area contributed by atoms with Crippen molar-refractivity contribution in [2.45, 2.75) is 12.5 Å². The molecule has 0 aliphatic carbocycles. The highest BCUT2D eigenvalue weighted by molar-refractivity contribution is 14.1. The molecule has 1 atom stereocenters. The highest BCUT2D eigenvalue weighted by atomic mass is 127. The molecule has 3 heteroatoms. The van der Waals surface area contributed by atoms with E-state index in [1.807, 2.05) is 0 Å². The third-order valence-corrected chi connectivity index (χ3v) is 3.88. The number of halogens is 1. The van der Waals surface area contributed by atoms with Crippen LogP contribution in [0.1, 0.15) is 22.7 Å². The molecular weight excluding hydrogens is 349 g/mol. The summed E-state index contributed by atoms with van der Waals surface area (Å²) >= 11 is 2.30. The molecule has 2 aromatic rings. The highest BCUT2D eigenvalue weighted by Crippen LogP contribution is 2.21. The van der Waals surface area contributed by atoms with Gasteiger partial charge in [-0.15, -0.1) is 0 Å². The summed E-state index contributed by atoms with van der Waals surface area (Å²) in [5, 5.41) is 0. The van der Waals surface area contributed by atoms with E-state index in [9.17, 15) is 0 Å². The lowest BCUT2D eigenvalue weighted by Gasteiger charge is -2.13. The van der Waals surface area contributed by atoms with Gasteiger partial charge in [-0.1, -0.05) is 36.4 Å². The molecule has 1 unspecified atom stereocenters. The Morgan fingerprint density at radius 1 is 1.00 bits per heavy atom. The monoisotopic (exact) mass is 367 g/mol. The maximum Gasteiger partial charge on any atom is 0.0551 e. The van der Waals surface area contributed by atoms with Crippen molar-refractivity contribution in [1.82, 2.24) is 0 Å². The molecule has 0 fully saturated rings. The Hall–Kier alpha value is -0.910. The minimum absolute atomic E-state index is 0.0616. The van der Waals surface area contributed by atoms with Crippen LogP contribution < -0.4 is 5.73 Å². The second-order valence-electron chi connectivity index (χ2n) is 4.51. The zero-order valence-electron chi connectivity index (χ0n) is 11.0. The molecule has 0 saturated carbocycles. The van der Waals surface area contributed by atoms with Gasteiger partial charge in [0.1, 0.15) is 0 Å². The normalized spacial score (nSPS) is 12.4. The van der Waals surface area contributed by atoms with Crippen LogP contribution in [0.4, 0.5) is 0 Å². The van der Waals surface area contributed by atoms with Crippen molar-refractivity contribution in [2.24, 2.45) is 5.73 Å². The summed E-state index contributed by atoms with van der Waals surface area (Å²) in [6.07, 6.45) is 0.940. The Morgan fingerprint density at radius 2 is 1.53 bits per heavy atom. The van der Waals surface area contributed by atoms with Crippen LogP contribution in [0.15, 0.2) is 48.5 Å². The maximum atomic E-state index is 6.29. The van der Waals surface area contributed by atoms with Crippen molar-refractivity contribution in [2.75, 3.05) is 13.7 Å². The first-order valence-corrected chi connectivity index (χ1v) is 7.37. The second kappa shape index (κ2) is 7.03. The topological polar surface area (TPSA) is 35.2 Å². The van der Waals surface area contributed by atoms with Gasteiger partial charge >= 0.3 is 0 Å². The van der Waals surface area contributed by atoms with E-state index >= 15 is 0 Å². The third kappa shape index (κ3) is 4.03. The van der Waals surface area contributed by atoms with Crippen molar-refractivity contribution in [1.29, 1.82) is 0 Å². The van der Waals surface area contributed by atoms with Gasteiger partial charge in [0.15, 0.2) is 0 Å². The molecule has 0 saturated heterocycles. The predicted octanol–water partition coefficient (Wildman–Crippen LogP) is 3.53. The Labute approximate surface area is 128 Å². The molecule has 0 amide bonds. The lowest BCUT2D eigenvalue weighted by Crippen LogP contribution is -2.11. The molecule has 0 aliphatic heterocycles. The van der Waals surface area contributed by atoms with Crippen LogP contribution in [0, 0.1) is 3.57 Å². The van der Waals surface area contributed by atoms with Crippen molar-refractivity contribution in [3.8, 4) is 0 Å². The van der Waals surface area contributed by atoms with E-state index < -0.39 is 0 Å². The highest BCUT2D eigenvalue weighted by Gasteiger charge is 2.08. The van der Waals surface area contributed by atoms with Crippen molar-refractivity contribution >= 4 is 22.6 Å². The molecule has 2 N–H and O–H groups in total. The van der Waals surface area contributed by atoms with Crippen LogP contribution in [0.25, 0.3) is 0 Å². The number of rotatable bonds is 5. The van der Waals surface area contributed by atoms with Crippen molar-refractivity contribution < 1.29 is 4.74 Å². The Balaban J connectivity index is 2.10. The molecular formula is C16H18INO. The van der Waals surface area contributed by atoms with Gasteiger partial charge in [-0.2, -0.15) is 0 Å². The molecule has 19 heavy (non-hydrogen) atoms. The molecule has 0 bridgehead atoms. The Kier molecular flexibility index (Phi) is 5.36. The number of methoxy groups -OCH3 is 1. The van der Waals surface area contributed by atoms with Crippen LogP contribution in [-0.4, -0.2) is 13.7 Å². The maximum absolute atomic E-state index is 6.29. The fourth-order valence-electron chi connectivity index (χ4n) is 1.97. The number of ether oxygens (including phenoxy) is 1. The molecule has 0 heterocycles. The fraction of sp³-hybridized carbons (Fsp3) is 0.250. The molecule has 0 aromatic heterocycles. The van der Waals surface area contributed by atoms with E-state index in [1.165, 1.54) is 9.13 Å². The first-order chi connectivity index (χ1) is 9.20. The summed E-state index contributed by atoms with van der Waals surface area (Å²) < 4.78 is 6.30. The van der Waals surface area contributed by atoms with Gasteiger partial charge in [-0.3, -0.25) is 0 Å². The quantitative estimate of drug-likeness (QED) is 0.821.